The molecule has 1 aromatic carbocycles. The number of esters is 1. The Bertz CT molecular complexity index is 641. The van der Waals surface area contributed by atoms with Gasteiger partial charge in [-0.3, -0.25) is 0 Å². The van der Waals surface area contributed by atoms with Crippen LogP contribution in [0.1, 0.15) is 21.6 Å². The highest BCUT2D eigenvalue weighted by molar-refractivity contribution is 6.28. The van der Waals surface area contributed by atoms with Crippen molar-refractivity contribution in [2.45, 2.75) is 13.8 Å². The average Bonchev–Trinajstić information content (AvgIpc) is 2.37. The Morgan fingerprint density at radius 1 is 1.26 bits per heavy atom. The number of rotatable bonds is 2. The zero-order valence-corrected chi connectivity index (χ0v) is 11.7. The smallest absolute Gasteiger partial charge is 0.341 e. The molecule has 0 radical (unpaired) electrons. The molecule has 0 spiro atoms. The van der Waals surface area contributed by atoms with E-state index in [1.165, 1.54) is 7.11 Å². The maximum Gasteiger partial charge on any atom is 0.341 e. The van der Waals surface area contributed by atoms with Crippen molar-refractivity contribution in [2.75, 3.05) is 7.11 Å². The molecule has 0 atom stereocenters. The van der Waals surface area contributed by atoms with E-state index in [1.807, 2.05) is 31.2 Å². The van der Waals surface area contributed by atoms with E-state index in [9.17, 15) is 4.79 Å². The molecule has 1 heterocycles. The van der Waals surface area contributed by atoms with E-state index in [2.05, 4.69) is 9.97 Å². The summed E-state index contributed by atoms with van der Waals surface area (Å²) in [5.41, 5.74) is 3.22. The van der Waals surface area contributed by atoms with Gasteiger partial charge in [0.05, 0.1) is 18.5 Å². The highest BCUT2D eigenvalue weighted by atomic mass is 35.5. The molecule has 0 bridgehead atoms. The minimum Gasteiger partial charge on any atom is -0.465 e. The molecular formula is C14H13ClN2O2. The zero-order chi connectivity index (χ0) is 14.0. The lowest BCUT2D eigenvalue weighted by Gasteiger charge is -2.10. The third-order valence-electron chi connectivity index (χ3n) is 2.74. The molecule has 4 nitrogen and oxygen atoms in total. The van der Waals surface area contributed by atoms with E-state index < -0.39 is 5.97 Å². The number of halogens is 1. The number of aryl methyl sites for hydroxylation is 2. The average molecular weight is 277 g/mol. The predicted octanol–water partition coefficient (Wildman–Crippen LogP) is 3.20. The highest BCUT2D eigenvalue weighted by Crippen LogP contribution is 2.26. The first-order valence-corrected chi connectivity index (χ1v) is 6.10. The van der Waals surface area contributed by atoms with Crippen LogP contribution in [0.5, 0.6) is 0 Å². The standard InChI is InChI=1S/C14H13ClN2O2/c1-8-5-4-6-10(7-8)12-11(13(18)19-3)9(2)16-14(15)17-12/h4-7H,1-3H3. The van der Waals surface area contributed by atoms with Gasteiger partial charge in [0.1, 0.15) is 5.56 Å². The van der Waals surface area contributed by atoms with Gasteiger partial charge in [0.15, 0.2) is 0 Å². The molecule has 0 saturated carbocycles. The van der Waals surface area contributed by atoms with Crippen molar-refractivity contribution in [1.29, 1.82) is 0 Å². The zero-order valence-electron chi connectivity index (χ0n) is 10.9. The lowest BCUT2D eigenvalue weighted by molar-refractivity contribution is 0.0600. The summed E-state index contributed by atoms with van der Waals surface area (Å²) in [5.74, 6) is -0.467. The fraction of sp³-hybridized carbons (Fsp3) is 0.214. The molecule has 2 rings (SSSR count). The van der Waals surface area contributed by atoms with Gasteiger partial charge in [-0.25, -0.2) is 14.8 Å². The Labute approximate surface area is 116 Å². The van der Waals surface area contributed by atoms with E-state index in [-0.39, 0.29) is 5.28 Å². The number of methoxy groups -OCH3 is 1. The predicted molar refractivity (Wildman–Crippen MR) is 73.3 cm³/mol. The van der Waals surface area contributed by atoms with Gasteiger partial charge in [-0.1, -0.05) is 23.8 Å². The number of nitrogens with zero attached hydrogens (tertiary/aromatic N) is 2. The van der Waals surface area contributed by atoms with Crippen LogP contribution in [0.2, 0.25) is 5.28 Å². The Morgan fingerprint density at radius 2 is 2.00 bits per heavy atom. The summed E-state index contributed by atoms with van der Waals surface area (Å²) in [4.78, 5) is 20.1. The maximum atomic E-state index is 11.9. The summed E-state index contributed by atoms with van der Waals surface area (Å²) >= 11 is 5.89. The van der Waals surface area contributed by atoms with Crippen molar-refractivity contribution in [3.8, 4) is 11.3 Å². The van der Waals surface area contributed by atoms with Crippen molar-refractivity contribution in [3.63, 3.8) is 0 Å². The number of aromatic nitrogens is 2. The molecule has 5 heteroatoms. The first-order chi connectivity index (χ1) is 9.02. The first-order valence-electron chi connectivity index (χ1n) is 5.72. The Hall–Kier alpha value is -1.94. The molecule has 98 valence electrons. The molecular weight excluding hydrogens is 264 g/mol. The monoisotopic (exact) mass is 276 g/mol. The summed E-state index contributed by atoms with van der Waals surface area (Å²) in [6.45, 7) is 3.68. The minimum absolute atomic E-state index is 0.113. The van der Waals surface area contributed by atoms with Crippen LogP contribution in [0.3, 0.4) is 0 Å². The fourth-order valence-electron chi connectivity index (χ4n) is 1.89. The van der Waals surface area contributed by atoms with Crippen LogP contribution in [-0.2, 0) is 4.74 Å². The van der Waals surface area contributed by atoms with Gasteiger partial charge in [-0.2, -0.15) is 0 Å². The maximum absolute atomic E-state index is 11.9. The molecule has 0 fully saturated rings. The second kappa shape index (κ2) is 5.36. The number of hydrogen-bond acceptors (Lipinski definition) is 4. The molecule has 0 amide bonds. The molecule has 0 aliphatic rings. The Morgan fingerprint density at radius 3 is 2.63 bits per heavy atom. The van der Waals surface area contributed by atoms with Crippen LogP contribution in [0.4, 0.5) is 0 Å². The molecule has 0 saturated heterocycles. The van der Waals surface area contributed by atoms with Gasteiger partial charge in [-0.15, -0.1) is 0 Å². The van der Waals surface area contributed by atoms with E-state index in [1.54, 1.807) is 6.92 Å². The summed E-state index contributed by atoms with van der Waals surface area (Å²) < 4.78 is 4.79. The van der Waals surface area contributed by atoms with Crippen molar-refractivity contribution < 1.29 is 9.53 Å². The molecule has 1 aromatic heterocycles. The van der Waals surface area contributed by atoms with Crippen molar-refractivity contribution >= 4 is 17.6 Å². The number of carbonyl (C=O) groups excluding carboxylic acids is 1. The van der Waals surface area contributed by atoms with Crippen molar-refractivity contribution in [3.05, 3.63) is 46.4 Å². The van der Waals surface area contributed by atoms with Crippen molar-refractivity contribution in [2.24, 2.45) is 0 Å². The third kappa shape index (κ3) is 2.74. The van der Waals surface area contributed by atoms with Gasteiger partial charge >= 0.3 is 5.97 Å². The SMILES string of the molecule is COC(=O)c1c(C)nc(Cl)nc1-c1cccc(C)c1. The lowest BCUT2D eigenvalue weighted by Crippen LogP contribution is -2.10. The summed E-state index contributed by atoms with van der Waals surface area (Å²) in [7, 11) is 1.33. The summed E-state index contributed by atoms with van der Waals surface area (Å²) in [5, 5.41) is 0.113. The largest absolute Gasteiger partial charge is 0.465 e. The number of carbonyl (C=O) groups is 1. The summed E-state index contributed by atoms with van der Waals surface area (Å²) in [6.07, 6.45) is 0. The second-order valence-corrected chi connectivity index (χ2v) is 4.50. The van der Waals surface area contributed by atoms with Crippen LogP contribution in [-0.4, -0.2) is 23.0 Å². The quantitative estimate of drug-likeness (QED) is 0.624. The molecule has 0 aliphatic heterocycles. The molecule has 0 N–H and O–H groups in total. The minimum atomic E-state index is -0.467. The van der Waals surface area contributed by atoms with E-state index in [0.717, 1.165) is 11.1 Å². The molecule has 0 aliphatic carbocycles. The lowest BCUT2D eigenvalue weighted by atomic mass is 10.0. The number of ether oxygens (including phenoxy) is 1. The third-order valence-corrected chi connectivity index (χ3v) is 2.91. The van der Waals surface area contributed by atoms with Gasteiger partial charge in [0.25, 0.3) is 0 Å². The number of benzene rings is 1. The van der Waals surface area contributed by atoms with Gasteiger partial charge in [0, 0.05) is 5.56 Å². The highest BCUT2D eigenvalue weighted by Gasteiger charge is 2.20. The molecule has 0 unspecified atom stereocenters. The first kappa shape index (κ1) is 13.5. The Kier molecular flexibility index (Phi) is 3.81. The van der Waals surface area contributed by atoms with E-state index in [0.29, 0.717) is 17.0 Å². The van der Waals surface area contributed by atoms with E-state index in [4.69, 9.17) is 16.3 Å². The summed E-state index contributed by atoms with van der Waals surface area (Å²) in [6, 6.07) is 7.68. The van der Waals surface area contributed by atoms with E-state index >= 15 is 0 Å². The second-order valence-electron chi connectivity index (χ2n) is 4.16. The Balaban J connectivity index is 2.71. The topological polar surface area (TPSA) is 52.1 Å². The molecule has 19 heavy (non-hydrogen) atoms. The van der Waals surface area contributed by atoms with Crippen LogP contribution in [0.15, 0.2) is 24.3 Å². The van der Waals surface area contributed by atoms with Crippen LogP contribution >= 0.6 is 11.6 Å². The van der Waals surface area contributed by atoms with Crippen LogP contribution < -0.4 is 0 Å². The van der Waals surface area contributed by atoms with Crippen LogP contribution in [0, 0.1) is 13.8 Å². The van der Waals surface area contributed by atoms with Gasteiger partial charge in [-0.05, 0) is 31.5 Å². The van der Waals surface area contributed by atoms with Crippen molar-refractivity contribution in [1.82, 2.24) is 9.97 Å². The van der Waals surface area contributed by atoms with Crippen LogP contribution in [0.25, 0.3) is 11.3 Å². The van der Waals surface area contributed by atoms with Gasteiger partial charge in [0.2, 0.25) is 5.28 Å². The normalized spacial score (nSPS) is 10.3. The molecule has 2 aromatic rings. The number of hydrogen-bond donors (Lipinski definition) is 0. The van der Waals surface area contributed by atoms with Gasteiger partial charge < -0.3 is 4.74 Å². The fourth-order valence-corrected chi connectivity index (χ4v) is 2.10.